The van der Waals surface area contributed by atoms with E-state index in [2.05, 4.69) is 27.5 Å². The first-order valence-electron chi connectivity index (χ1n) is 7.16. The van der Waals surface area contributed by atoms with Crippen LogP contribution in [0.5, 0.6) is 0 Å². The van der Waals surface area contributed by atoms with Crippen molar-refractivity contribution >= 4 is 17.3 Å². The Balaban J connectivity index is 1.81. The van der Waals surface area contributed by atoms with Crippen LogP contribution in [0.25, 0.3) is 0 Å². The van der Waals surface area contributed by atoms with E-state index in [1.54, 1.807) is 25.5 Å². The molecule has 1 fully saturated rings. The standard InChI is InChI=1S/C14H24N4O2S/c1-11-8-16-12(21-11)9-17-13(15-2)18-10-14(19-3)4-6-20-7-5-14/h8H,4-7,9-10H2,1-3H3,(H2,15,17,18). The predicted molar refractivity (Wildman–Crippen MR) is 84.8 cm³/mol. The molecule has 21 heavy (non-hydrogen) atoms. The van der Waals surface area contributed by atoms with Crippen molar-refractivity contribution in [1.82, 2.24) is 15.6 Å². The fourth-order valence-electron chi connectivity index (χ4n) is 2.30. The van der Waals surface area contributed by atoms with Gasteiger partial charge in [0.15, 0.2) is 5.96 Å². The summed E-state index contributed by atoms with van der Waals surface area (Å²) < 4.78 is 11.1. The normalized spacial score (nSPS) is 18.5. The summed E-state index contributed by atoms with van der Waals surface area (Å²) in [6.07, 6.45) is 3.69. The summed E-state index contributed by atoms with van der Waals surface area (Å²) in [7, 11) is 3.54. The minimum atomic E-state index is -0.159. The Labute approximate surface area is 130 Å². The zero-order chi connectivity index (χ0) is 15.1. The van der Waals surface area contributed by atoms with Crippen molar-refractivity contribution in [3.8, 4) is 0 Å². The molecule has 0 saturated carbocycles. The molecule has 0 atom stereocenters. The van der Waals surface area contributed by atoms with Crippen LogP contribution in [0.1, 0.15) is 22.7 Å². The van der Waals surface area contributed by atoms with Crippen molar-refractivity contribution in [2.45, 2.75) is 31.9 Å². The van der Waals surface area contributed by atoms with E-state index in [9.17, 15) is 0 Å². The van der Waals surface area contributed by atoms with Gasteiger partial charge in [-0.05, 0) is 6.92 Å². The van der Waals surface area contributed by atoms with Gasteiger partial charge in [-0.1, -0.05) is 0 Å². The molecule has 2 N–H and O–H groups in total. The molecule has 0 spiro atoms. The molecule has 118 valence electrons. The highest BCUT2D eigenvalue weighted by Crippen LogP contribution is 2.23. The maximum Gasteiger partial charge on any atom is 0.191 e. The summed E-state index contributed by atoms with van der Waals surface area (Å²) in [5, 5.41) is 7.68. The number of hydrogen-bond donors (Lipinski definition) is 2. The number of methoxy groups -OCH3 is 1. The molecule has 0 amide bonds. The van der Waals surface area contributed by atoms with Crippen LogP contribution < -0.4 is 10.6 Å². The van der Waals surface area contributed by atoms with Gasteiger partial charge >= 0.3 is 0 Å². The summed E-state index contributed by atoms with van der Waals surface area (Å²) in [5.41, 5.74) is -0.159. The molecule has 7 heteroatoms. The number of ether oxygens (including phenoxy) is 2. The van der Waals surface area contributed by atoms with Gasteiger partial charge in [0.2, 0.25) is 0 Å². The van der Waals surface area contributed by atoms with E-state index in [-0.39, 0.29) is 5.60 Å². The topological polar surface area (TPSA) is 67.8 Å². The number of rotatable bonds is 5. The van der Waals surface area contributed by atoms with E-state index in [4.69, 9.17) is 9.47 Å². The first-order valence-corrected chi connectivity index (χ1v) is 7.98. The SMILES string of the molecule is CN=C(NCc1ncc(C)s1)NCC1(OC)CCOCC1. The van der Waals surface area contributed by atoms with E-state index in [1.807, 2.05) is 6.20 Å². The Kier molecular flexibility index (Phi) is 5.96. The lowest BCUT2D eigenvalue weighted by atomic mass is 9.94. The van der Waals surface area contributed by atoms with Crippen LogP contribution in [0, 0.1) is 6.92 Å². The molecular weight excluding hydrogens is 288 g/mol. The maximum atomic E-state index is 5.70. The molecule has 1 aromatic heterocycles. The number of nitrogens with one attached hydrogen (secondary N) is 2. The predicted octanol–water partition coefficient (Wildman–Crippen LogP) is 1.31. The second kappa shape index (κ2) is 7.72. The molecular formula is C14H24N4O2S. The molecule has 0 unspecified atom stereocenters. The van der Waals surface area contributed by atoms with Gasteiger partial charge in [-0.2, -0.15) is 0 Å². The average molecular weight is 312 g/mol. The molecule has 0 radical (unpaired) electrons. The Hall–Kier alpha value is -1.18. The first-order chi connectivity index (χ1) is 10.2. The van der Waals surface area contributed by atoms with Gasteiger partial charge in [0.25, 0.3) is 0 Å². The fourth-order valence-corrected chi connectivity index (χ4v) is 3.03. The monoisotopic (exact) mass is 312 g/mol. The second-order valence-corrected chi connectivity index (χ2v) is 6.46. The minimum Gasteiger partial charge on any atom is -0.381 e. The van der Waals surface area contributed by atoms with Crippen molar-refractivity contribution in [3.05, 3.63) is 16.1 Å². The van der Waals surface area contributed by atoms with Crippen molar-refractivity contribution in [3.63, 3.8) is 0 Å². The van der Waals surface area contributed by atoms with Crippen LogP contribution in [0.4, 0.5) is 0 Å². The molecule has 2 rings (SSSR count). The zero-order valence-electron chi connectivity index (χ0n) is 12.9. The highest BCUT2D eigenvalue weighted by molar-refractivity contribution is 7.11. The van der Waals surface area contributed by atoms with Crippen LogP contribution in [-0.4, -0.2) is 50.5 Å². The van der Waals surface area contributed by atoms with Gasteiger partial charge in [-0.25, -0.2) is 4.98 Å². The number of guanidine groups is 1. The smallest absolute Gasteiger partial charge is 0.191 e. The molecule has 0 aromatic carbocycles. The quantitative estimate of drug-likeness (QED) is 0.634. The minimum absolute atomic E-state index is 0.159. The Morgan fingerprint density at radius 1 is 1.48 bits per heavy atom. The Morgan fingerprint density at radius 2 is 2.24 bits per heavy atom. The van der Waals surface area contributed by atoms with Gasteiger partial charge < -0.3 is 20.1 Å². The second-order valence-electron chi connectivity index (χ2n) is 5.14. The zero-order valence-corrected chi connectivity index (χ0v) is 13.8. The van der Waals surface area contributed by atoms with Crippen LogP contribution in [-0.2, 0) is 16.0 Å². The van der Waals surface area contributed by atoms with Crippen molar-refractivity contribution in [2.75, 3.05) is 33.9 Å². The highest BCUT2D eigenvalue weighted by Gasteiger charge is 2.32. The van der Waals surface area contributed by atoms with Gasteiger partial charge in [0.1, 0.15) is 5.01 Å². The summed E-state index contributed by atoms with van der Waals surface area (Å²) in [4.78, 5) is 9.80. The highest BCUT2D eigenvalue weighted by atomic mass is 32.1. The molecule has 6 nitrogen and oxygen atoms in total. The number of hydrogen-bond acceptors (Lipinski definition) is 5. The molecule has 1 aliphatic rings. The summed E-state index contributed by atoms with van der Waals surface area (Å²) in [6, 6.07) is 0. The fraction of sp³-hybridized carbons (Fsp3) is 0.714. The van der Waals surface area contributed by atoms with Crippen LogP contribution >= 0.6 is 11.3 Å². The Morgan fingerprint density at radius 3 is 2.81 bits per heavy atom. The third-order valence-corrected chi connectivity index (χ3v) is 4.63. The lowest BCUT2D eigenvalue weighted by Gasteiger charge is -2.36. The van der Waals surface area contributed by atoms with Crippen molar-refractivity contribution in [1.29, 1.82) is 0 Å². The molecule has 1 aliphatic heterocycles. The number of nitrogens with zero attached hydrogens (tertiary/aromatic N) is 2. The maximum absolute atomic E-state index is 5.70. The first kappa shape index (κ1) is 16.2. The van der Waals surface area contributed by atoms with E-state index >= 15 is 0 Å². The number of thiazole rings is 1. The van der Waals surface area contributed by atoms with Crippen molar-refractivity contribution < 1.29 is 9.47 Å². The third-order valence-electron chi connectivity index (χ3n) is 3.71. The number of aromatic nitrogens is 1. The van der Waals surface area contributed by atoms with Gasteiger partial charge in [0.05, 0.1) is 12.1 Å². The summed E-state index contributed by atoms with van der Waals surface area (Å²) in [6.45, 7) is 4.96. The van der Waals surface area contributed by atoms with E-state index in [0.29, 0.717) is 6.54 Å². The van der Waals surface area contributed by atoms with Crippen LogP contribution in [0.2, 0.25) is 0 Å². The average Bonchev–Trinajstić information content (AvgIpc) is 2.94. The number of aliphatic imine (C=N–C) groups is 1. The summed E-state index contributed by atoms with van der Waals surface area (Å²) in [5.74, 6) is 0.769. The van der Waals surface area contributed by atoms with Crippen LogP contribution in [0.15, 0.2) is 11.2 Å². The third kappa shape index (κ3) is 4.66. The largest absolute Gasteiger partial charge is 0.381 e. The van der Waals surface area contributed by atoms with E-state index < -0.39 is 0 Å². The number of aryl methyl sites for hydroxylation is 1. The Bertz CT molecular complexity index is 469. The van der Waals surface area contributed by atoms with E-state index in [0.717, 1.165) is 43.6 Å². The molecule has 2 heterocycles. The van der Waals surface area contributed by atoms with Crippen molar-refractivity contribution in [2.24, 2.45) is 4.99 Å². The molecule has 0 aliphatic carbocycles. The van der Waals surface area contributed by atoms with E-state index in [1.165, 1.54) is 4.88 Å². The van der Waals surface area contributed by atoms with Crippen LogP contribution in [0.3, 0.4) is 0 Å². The molecule has 1 aromatic rings. The summed E-state index contributed by atoms with van der Waals surface area (Å²) >= 11 is 1.69. The molecule has 1 saturated heterocycles. The van der Waals surface area contributed by atoms with Gasteiger partial charge in [0, 0.05) is 57.8 Å². The van der Waals surface area contributed by atoms with Gasteiger partial charge in [-0.3, -0.25) is 4.99 Å². The van der Waals surface area contributed by atoms with Gasteiger partial charge in [-0.15, -0.1) is 11.3 Å². The lowest BCUT2D eigenvalue weighted by molar-refractivity contribution is -0.0855. The lowest BCUT2D eigenvalue weighted by Crippen LogP contribution is -2.50. The molecule has 0 bridgehead atoms.